The molecule has 0 amide bonds. The van der Waals surface area contributed by atoms with E-state index in [1.165, 1.54) is 11.1 Å². The molecular formula is C12H17NO2. The van der Waals surface area contributed by atoms with Crippen LogP contribution in [0.1, 0.15) is 24.5 Å². The maximum Gasteiger partial charge on any atom is 0.304 e. The Balaban J connectivity index is 2.36. The molecule has 0 radical (unpaired) electrons. The van der Waals surface area contributed by atoms with Gasteiger partial charge in [-0.2, -0.15) is 0 Å². The molecule has 1 rings (SSSR count). The first-order valence-electron chi connectivity index (χ1n) is 5.08. The predicted octanol–water partition coefficient (Wildman–Crippen LogP) is 1.95. The molecule has 3 nitrogen and oxygen atoms in total. The number of carbonyl (C=O) groups is 1. The van der Waals surface area contributed by atoms with Gasteiger partial charge in [0.25, 0.3) is 0 Å². The number of nitrogens with one attached hydrogen (secondary N) is 1. The molecule has 0 saturated carbocycles. The lowest BCUT2D eigenvalue weighted by Gasteiger charge is -2.11. The van der Waals surface area contributed by atoms with Crippen molar-refractivity contribution in [2.75, 3.05) is 0 Å². The summed E-state index contributed by atoms with van der Waals surface area (Å²) in [6.07, 6.45) is 0.159. The number of rotatable bonds is 5. The second kappa shape index (κ2) is 5.51. The van der Waals surface area contributed by atoms with E-state index in [2.05, 4.69) is 29.6 Å². The first-order chi connectivity index (χ1) is 7.08. The average molecular weight is 207 g/mol. The number of hydrogen-bond donors (Lipinski definition) is 2. The third-order valence-corrected chi connectivity index (χ3v) is 2.26. The summed E-state index contributed by atoms with van der Waals surface area (Å²) in [5.41, 5.74) is 2.41. The summed E-state index contributed by atoms with van der Waals surface area (Å²) >= 11 is 0. The summed E-state index contributed by atoms with van der Waals surface area (Å²) in [7, 11) is 0. The fraction of sp³-hybridized carbons (Fsp3) is 0.417. The molecule has 0 aliphatic heterocycles. The fourth-order valence-corrected chi connectivity index (χ4v) is 1.33. The van der Waals surface area contributed by atoms with Crippen molar-refractivity contribution in [1.29, 1.82) is 0 Å². The van der Waals surface area contributed by atoms with Gasteiger partial charge in [-0.05, 0) is 19.4 Å². The Hall–Kier alpha value is -1.35. The Morgan fingerprint density at radius 3 is 2.53 bits per heavy atom. The van der Waals surface area contributed by atoms with Crippen LogP contribution in [0.3, 0.4) is 0 Å². The molecule has 0 saturated heterocycles. The van der Waals surface area contributed by atoms with Crippen molar-refractivity contribution in [1.82, 2.24) is 5.32 Å². The Morgan fingerprint density at radius 1 is 1.40 bits per heavy atom. The van der Waals surface area contributed by atoms with Crippen molar-refractivity contribution >= 4 is 5.97 Å². The van der Waals surface area contributed by atoms with Crippen LogP contribution in [0.25, 0.3) is 0 Å². The van der Waals surface area contributed by atoms with Crippen LogP contribution in [-0.4, -0.2) is 17.1 Å². The van der Waals surface area contributed by atoms with E-state index in [4.69, 9.17) is 5.11 Å². The second-order valence-corrected chi connectivity index (χ2v) is 3.87. The molecule has 1 aromatic carbocycles. The fourth-order valence-electron chi connectivity index (χ4n) is 1.33. The third kappa shape index (κ3) is 4.61. The maximum absolute atomic E-state index is 10.4. The molecule has 0 heterocycles. The average Bonchev–Trinajstić information content (AvgIpc) is 2.16. The largest absolute Gasteiger partial charge is 0.481 e. The van der Waals surface area contributed by atoms with Crippen molar-refractivity contribution < 1.29 is 9.90 Å². The lowest BCUT2D eigenvalue weighted by molar-refractivity contribution is -0.137. The minimum Gasteiger partial charge on any atom is -0.481 e. The molecule has 0 bridgehead atoms. The SMILES string of the molecule is Cc1ccc(CN[C@H](C)CC(=O)O)cc1. The highest BCUT2D eigenvalue weighted by Crippen LogP contribution is 2.03. The van der Waals surface area contributed by atoms with Crippen LogP contribution in [0.15, 0.2) is 24.3 Å². The monoisotopic (exact) mass is 207 g/mol. The van der Waals surface area contributed by atoms with Gasteiger partial charge >= 0.3 is 5.97 Å². The van der Waals surface area contributed by atoms with Gasteiger partial charge in [-0.3, -0.25) is 4.79 Å². The molecule has 0 spiro atoms. The standard InChI is InChI=1S/C12H17NO2/c1-9-3-5-11(6-4-9)8-13-10(2)7-12(14)15/h3-6,10,13H,7-8H2,1-2H3,(H,14,15)/t10-/m1/s1. The Kier molecular flexibility index (Phi) is 4.31. The molecule has 1 atom stereocenters. The zero-order valence-corrected chi connectivity index (χ0v) is 9.16. The Labute approximate surface area is 90.1 Å². The van der Waals surface area contributed by atoms with Crippen molar-refractivity contribution in [3.63, 3.8) is 0 Å². The normalized spacial score (nSPS) is 12.4. The number of aryl methyl sites for hydroxylation is 1. The molecule has 1 aromatic rings. The minimum absolute atomic E-state index is 0.00352. The van der Waals surface area contributed by atoms with Gasteiger partial charge in [0.2, 0.25) is 0 Å². The van der Waals surface area contributed by atoms with Crippen LogP contribution in [-0.2, 0) is 11.3 Å². The van der Waals surface area contributed by atoms with Crippen molar-refractivity contribution in [3.05, 3.63) is 35.4 Å². The van der Waals surface area contributed by atoms with Crippen LogP contribution >= 0.6 is 0 Å². The van der Waals surface area contributed by atoms with Crippen molar-refractivity contribution in [2.45, 2.75) is 32.9 Å². The molecule has 3 heteroatoms. The third-order valence-electron chi connectivity index (χ3n) is 2.26. The number of hydrogen-bond acceptors (Lipinski definition) is 2. The zero-order chi connectivity index (χ0) is 11.3. The summed E-state index contributed by atoms with van der Waals surface area (Å²) in [6.45, 7) is 4.64. The highest BCUT2D eigenvalue weighted by atomic mass is 16.4. The lowest BCUT2D eigenvalue weighted by Crippen LogP contribution is -2.27. The van der Waals surface area contributed by atoms with Gasteiger partial charge in [0, 0.05) is 12.6 Å². The molecule has 0 fully saturated rings. The van der Waals surface area contributed by atoms with E-state index >= 15 is 0 Å². The summed E-state index contributed by atoms with van der Waals surface area (Å²) in [5, 5.41) is 11.7. The number of carboxylic acid groups (broad SMARTS) is 1. The molecule has 2 N–H and O–H groups in total. The van der Waals surface area contributed by atoms with Crippen LogP contribution < -0.4 is 5.32 Å². The van der Waals surface area contributed by atoms with Gasteiger partial charge in [0.05, 0.1) is 6.42 Å². The highest BCUT2D eigenvalue weighted by molar-refractivity contribution is 5.67. The number of aliphatic carboxylic acids is 1. The van der Waals surface area contributed by atoms with Gasteiger partial charge in [-0.15, -0.1) is 0 Å². The first-order valence-corrected chi connectivity index (χ1v) is 5.08. The molecule has 0 aliphatic rings. The summed E-state index contributed by atoms with van der Waals surface area (Å²) in [4.78, 5) is 10.4. The molecular weight excluding hydrogens is 190 g/mol. The molecule has 0 aromatic heterocycles. The predicted molar refractivity (Wildman–Crippen MR) is 59.7 cm³/mol. The van der Waals surface area contributed by atoms with E-state index in [9.17, 15) is 4.79 Å². The van der Waals surface area contributed by atoms with Gasteiger partial charge in [-0.1, -0.05) is 29.8 Å². The Bertz CT molecular complexity index is 319. The minimum atomic E-state index is -0.765. The van der Waals surface area contributed by atoms with Gasteiger partial charge in [0.15, 0.2) is 0 Å². The van der Waals surface area contributed by atoms with E-state index in [-0.39, 0.29) is 12.5 Å². The molecule has 0 unspecified atom stereocenters. The van der Waals surface area contributed by atoms with E-state index in [0.29, 0.717) is 6.54 Å². The smallest absolute Gasteiger partial charge is 0.304 e. The topological polar surface area (TPSA) is 49.3 Å². The Morgan fingerprint density at radius 2 is 2.00 bits per heavy atom. The summed E-state index contributed by atoms with van der Waals surface area (Å²) < 4.78 is 0. The summed E-state index contributed by atoms with van der Waals surface area (Å²) in [5.74, 6) is -0.765. The first kappa shape index (κ1) is 11.7. The molecule has 15 heavy (non-hydrogen) atoms. The molecule has 0 aliphatic carbocycles. The quantitative estimate of drug-likeness (QED) is 0.775. The zero-order valence-electron chi connectivity index (χ0n) is 9.16. The van der Waals surface area contributed by atoms with Crippen LogP contribution in [0.5, 0.6) is 0 Å². The van der Waals surface area contributed by atoms with E-state index in [0.717, 1.165) is 0 Å². The number of benzene rings is 1. The van der Waals surface area contributed by atoms with Crippen molar-refractivity contribution in [3.8, 4) is 0 Å². The number of carboxylic acids is 1. The lowest BCUT2D eigenvalue weighted by atomic mass is 10.1. The van der Waals surface area contributed by atoms with Gasteiger partial charge in [-0.25, -0.2) is 0 Å². The van der Waals surface area contributed by atoms with Crippen LogP contribution in [0.4, 0.5) is 0 Å². The van der Waals surface area contributed by atoms with Crippen LogP contribution in [0.2, 0.25) is 0 Å². The summed E-state index contributed by atoms with van der Waals surface area (Å²) in [6, 6.07) is 8.22. The van der Waals surface area contributed by atoms with Crippen LogP contribution in [0, 0.1) is 6.92 Å². The molecule has 82 valence electrons. The van der Waals surface area contributed by atoms with Gasteiger partial charge in [0.1, 0.15) is 0 Å². The highest BCUT2D eigenvalue weighted by Gasteiger charge is 2.06. The van der Waals surface area contributed by atoms with E-state index in [1.807, 2.05) is 13.8 Å². The van der Waals surface area contributed by atoms with E-state index < -0.39 is 5.97 Å². The van der Waals surface area contributed by atoms with Crippen molar-refractivity contribution in [2.24, 2.45) is 0 Å². The maximum atomic E-state index is 10.4. The van der Waals surface area contributed by atoms with E-state index in [1.54, 1.807) is 0 Å². The van der Waals surface area contributed by atoms with Gasteiger partial charge < -0.3 is 10.4 Å². The second-order valence-electron chi connectivity index (χ2n) is 3.87.